The lowest BCUT2D eigenvalue weighted by Gasteiger charge is -2.35. The molecular weight excluding hydrogens is 399 g/mol. The molecular formula is C18H18ClFN8O. The summed E-state index contributed by atoms with van der Waals surface area (Å²) < 4.78 is 37.9. The van der Waals surface area contributed by atoms with Crippen molar-refractivity contribution in [3.8, 4) is 5.69 Å². The summed E-state index contributed by atoms with van der Waals surface area (Å²) in [5, 5.41) is 16.5. The number of carbonyl (C=O) groups is 1. The van der Waals surface area contributed by atoms with Crippen LogP contribution in [0.4, 0.5) is 21.5 Å². The third-order valence-electron chi connectivity index (χ3n) is 4.69. The van der Waals surface area contributed by atoms with Crippen LogP contribution in [-0.2, 0) is 0 Å². The fraction of sp³-hybridized carbons (Fsp3) is 0.278. The molecule has 0 radical (unpaired) electrons. The second-order valence-electron chi connectivity index (χ2n) is 6.55. The molecule has 3 heterocycles. The van der Waals surface area contributed by atoms with Crippen molar-refractivity contribution in [1.29, 1.82) is 0 Å². The van der Waals surface area contributed by atoms with Gasteiger partial charge < -0.3 is 15.5 Å². The smallest absolute Gasteiger partial charge is 0.273 e. The molecule has 1 aromatic carbocycles. The second kappa shape index (κ2) is 6.96. The van der Waals surface area contributed by atoms with Crippen molar-refractivity contribution in [3.05, 3.63) is 46.5 Å². The van der Waals surface area contributed by atoms with Crippen molar-refractivity contribution in [2.45, 2.75) is 19.9 Å². The average Bonchev–Trinajstić information content (AvgIpc) is 3.06. The fourth-order valence-electron chi connectivity index (χ4n) is 3.29. The Morgan fingerprint density at radius 1 is 1.31 bits per heavy atom. The number of aromatic nitrogens is 5. The first kappa shape index (κ1) is 15.6. The van der Waals surface area contributed by atoms with Crippen LogP contribution in [-0.4, -0.2) is 44.9 Å². The van der Waals surface area contributed by atoms with Gasteiger partial charge in [-0.1, -0.05) is 11.6 Å². The predicted octanol–water partition coefficient (Wildman–Crippen LogP) is 2.77. The molecule has 1 aliphatic heterocycles. The monoisotopic (exact) mass is 419 g/mol. The molecule has 2 N–H and O–H groups in total. The third-order valence-corrected chi connectivity index (χ3v) is 4.87. The summed E-state index contributed by atoms with van der Waals surface area (Å²) in [4.78, 5) is 18.8. The number of hydrogen-bond donors (Lipinski definition) is 2. The highest BCUT2D eigenvalue weighted by molar-refractivity contribution is 6.29. The molecule has 29 heavy (non-hydrogen) atoms. The molecule has 150 valence electrons. The van der Waals surface area contributed by atoms with Gasteiger partial charge in [-0.05, 0) is 19.9 Å². The number of aryl methyl sites for hydroxylation is 1. The lowest BCUT2D eigenvalue weighted by Crippen LogP contribution is -2.31. The number of carbonyl (C=O) groups excluding carboxylic acids is 1. The Balaban J connectivity index is 1.84. The zero-order chi connectivity index (χ0) is 23.4. The number of rotatable bonds is 3. The first-order valence-corrected chi connectivity index (χ1v) is 8.95. The number of nitrogens with zero attached hydrogens (tertiary/aromatic N) is 6. The zero-order valence-electron chi connectivity index (χ0n) is 18.7. The van der Waals surface area contributed by atoms with Crippen LogP contribution in [0.1, 0.15) is 39.2 Å². The van der Waals surface area contributed by atoms with Crippen molar-refractivity contribution in [2.24, 2.45) is 0 Å². The van der Waals surface area contributed by atoms with Crippen LogP contribution in [0.5, 0.6) is 0 Å². The van der Waals surface area contributed by atoms with Crippen molar-refractivity contribution < 1.29 is 13.3 Å². The van der Waals surface area contributed by atoms with E-state index in [1.54, 1.807) is 11.6 Å². The molecule has 0 spiro atoms. The fourth-order valence-corrected chi connectivity index (χ4v) is 3.44. The van der Waals surface area contributed by atoms with Gasteiger partial charge in [0.25, 0.3) is 5.91 Å². The normalized spacial score (nSPS) is 16.9. The van der Waals surface area contributed by atoms with Crippen LogP contribution in [0.2, 0.25) is 5.15 Å². The summed E-state index contributed by atoms with van der Waals surface area (Å²) in [5.41, 5.74) is 1.07. The molecule has 1 atom stereocenters. The minimum atomic E-state index is -2.73. The molecule has 0 saturated heterocycles. The number of halogens is 2. The summed E-state index contributed by atoms with van der Waals surface area (Å²) >= 11 is 5.95. The molecule has 0 fully saturated rings. The van der Waals surface area contributed by atoms with E-state index in [0.29, 0.717) is 28.7 Å². The van der Waals surface area contributed by atoms with Gasteiger partial charge in [0, 0.05) is 30.3 Å². The Bertz CT molecular complexity index is 1230. The Morgan fingerprint density at radius 3 is 2.86 bits per heavy atom. The SMILES string of the molecule is [2H]C([2H])([2H])NC(=O)c1nnc(Cl)cc1Nc1cc(F)cc2c1N(C)C(C)c1nc(C)nn1-2. The van der Waals surface area contributed by atoms with E-state index in [1.807, 2.05) is 24.2 Å². The maximum absolute atomic E-state index is 14.6. The third kappa shape index (κ3) is 3.15. The number of amides is 1. The van der Waals surface area contributed by atoms with E-state index in [-0.39, 0.29) is 22.6 Å². The largest absolute Gasteiger partial charge is 0.361 e. The van der Waals surface area contributed by atoms with Gasteiger partial charge in [0.15, 0.2) is 16.7 Å². The Morgan fingerprint density at radius 2 is 2.10 bits per heavy atom. The van der Waals surface area contributed by atoms with Crippen LogP contribution >= 0.6 is 11.6 Å². The van der Waals surface area contributed by atoms with E-state index in [0.717, 1.165) is 0 Å². The molecule has 3 aromatic rings. The Labute approximate surface area is 175 Å². The van der Waals surface area contributed by atoms with Gasteiger partial charge in [-0.15, -0.1) is 10.2 Å². The lowest BCUT2D eigenvalue weighted by molar-refractivity contribution is 0.0958. The number of anilines is 3. The quantitative estimate of drug-likeness (QED) is 0.673. The van der Waals surface area contributed by atoms with Crippen molar-refractivity contribution in [2.75, 3.05) is 24.2 Å². The number of hydrogen-bond acceptors (Lipinski definition) is 7. The number of benzene rings is 1. The Kier molecular flexibility index (Phi) is 3.75. The number of nitrogens with one attached hydrogen (secondary N) is 2. The van der Waals surface area contributed by atoms with Gasteiger partial charge in [-0.2, -0.15) is 5.10 Å². The van der Waals surface area contributed by atoms with E-state index < -0.39 is 18.7 Å². The summed E-state index contributed by atoms with van der Waals surface area (Å²) in [6.45, 7) is 0.942. The van der Waals surface area contributed by atoms with Crippen LogP contribution in [0.3, 0.4) is 0 Å². The summed E-state index contributed by atoms with van der Waals surface area (Å²) in [5.74, 6) is -0.353. The van der Waals surface area contributed by atoms with E-state index in [9.17, 15) is 9.18 Å². The summed E-state index contributed by atoms with van der Waals surface area (Å²) in [7, 11) is 1.82. The maximum atomic E-state index is 14.6. The summed E-state index contributed by atoms with van der Waals surface area (Å²) in [6, 6.07) is 3.70. The molecule has 2 aromatic heterocycles. The topological polar surface area (TPSA) is 101 Å². The van der Waals surface area contributed by atoms with Crippen molar-refractivity contribution in [1.82, 2.24) is 30.3 Å². The van der Waals surface area contributed by atoms with Gasteiger partial charge in [-0.3, -0.25) is 4.79 Å². The van der Waals surface area contributed by atoms with E-state index in [4.69, 9.17) is 15.7 Å². The molecule has 11 heteroatoms. The molecule has 0 aliphatic carbocycles. The minimum Gasteiger partial charge on any atom is -0.361 e. The van der Waals surface area contributed by atoms with Crippen LogP contribution in [0, 0.1) is 12.7 Å². The highest BCUT2D eigenvalue weighted by Crippen LogP contribution is 2.43. The standard InChI is InChI=1S/C18H18ClFN8O/c1-8-17-22-9(2)26-28(17)13-6-10(20)5-12(16(13)27(8)4)23-11-7-14(19)24-25-15(11)18(29)21-3/h5-8H,1-4H3,(H,21,29)(H,23,24)/i3D3. The van der Waals surface area contributed by atoms with Gasteiger partial charge in [0.2, 0.25) is 0 Å². The van der Waals surface area contributed by atoms with Gasteiger partial charge in [-0.25, -0.2) is 14.1 Å². The van der Waals surface area contributed by atoms with Gasteiger partial charge >= 0.3 is 0 Å². The first-order chi connectivity index (χ1) is 14.9. The molecule has 0 saturated carbocycles. The zero-order valence-corrected chi connectivity index (χ0v) is 16.4. The lowest BCUT2D eigenvalue weighted by atomic mass is 10.1. The highest BCUT2D eigenvalue weighted by Gasteiger charge is 2.31. The van der Waals surface area contributed by atoms with Crippen molar-refractivity contribution >= 4 is 34.6 Å². The molecule has 0 bridgehead atoms. The van der Waals surface area contributed by atoms with Crippen LogP contribution in [0.25, 0.3) is 5.69 Å². The van der Waals surface area contributed by atoms with Gasteiger partial charge in [0.1, 0.15) is 11.6 Å². The molecule has 4 rings (SSSR count). The minimum absolute atomic E-state index is 0.0425. The highest BCUT2D eigenvalue weighted by atomic mass is 35.5. The van der Waals surface area contributed by atoms with Crippen molar-refractivity contribution in [3.63, 3.8) is 0 Å². The Hall–Kier alpha value is -3.27. The van der Waals surface area contributed by atoms with Gasteiger partial charge in [0.05, 0.1) is 28.8 Å². The molecule has 1 amide bonds. The number of fused-ring (bicyclic) bond motifs is 3. The molecule has 9 nitrogen and oxygen atoms in total. The molecule has 1 unspecified atom stereocenters. The maximum Gasteiger partial charge on any atom is 0.273 e. The summed E-state index contributed by atoms with van der Waals surface area (Å²) in [6.07, 6.45) is 0. The first-order valence-electron chi connectivity index (χ1n) is 10.1. The van der Waals surface area contributed by atoms with Crippen LogP contribution in [0.15, 0.2) is 18.2 Å². The predicted molar refractivity (Wildman–Crippen MR) is 107 cm³/mol. The second-order valence-corrected chi connectivity index (χ2v) is 6.93. The van der Waals surface area contributed by atoms with E-state index >= 15 is 0 Å². The average molecular weight is 420 g/mol. The van der Waals surface area contributed by atoms with E-state index in [1.165, 1.54) is 18.2 Å². The van der Waals surface area contributed by atoms with Crippen LogP contribution < -0.4 is 15.5 Å². The van der Waals surface area contributed by atoms with E-state index in [2.05, 4.69) is 25.6 Å². The molecule has 1 aliphatic rings.